The number of rotatable bonds is 5. The predicted molar refractivity (Wildman–Crippen MR) is 120 cm³/mol. The van der Waals surface area contributed by atoms with Crippen LogP contribution in [-0.2, 0) is 9.59 Å². The van der Waals surface area contributed by atoms with Crippen molar-refractivity contribution in [1.82, 2.24) is 0 Å². The standard InChI is InChI=1S/C25H24N2O4/c1-17-9-11-19(12-10-17)27-23(28)16-26(21-14-13-20(30-2)15-22(21)31-3)25(29)24(27)18-7-5-4-6-8-18/h4-15,24H,16H2,1-3H3/t24-/m0/s1. The molecule has 4 rings (SSSR count). The van der Waals surface area contributed by atoms with Gasteiger partial charge in [-0.25, -0.2) is 0 Å². The van der Waals surface area contributed by atoms with Crippen molar-refractivity contribution in [3.63, 3.8) is 0 Å². The van der Waals surface area contributed by atoms with Gasteiger partial charge in [0.1, 0.15) is 24.1 Å². The van der Waals surface area contributed by atoms with Gasteiger partial charge in [0.15, 0.2) is 0 Å². The highest BCUT2D eigenvalue weighted by molar-refractivity contribution is 6.15. The average molecular weight is 416 g/mol. The molecule has 6 heteroatoms. The molecule has 1 heterocycles. The fourth-order valence-electron chi connectivity index (χ4n) is 3.83. The van der Waals surface area contributed by atoms with Gasteiger partial charge in [-0.15, -0.1) is 0 Å². The Morgan fingerprint density at radius 1 is 0.871 bits per heavy atom. The zero-order chi connectivity index (χ0) is 22.0. The fourth-order valence-corrected chi connectivity index (χ4v) is 3.83. The Bertz CT molecular complexity index is 1100. The number of hydrogen-bond donors (Lipinski definition) is 0. The number of hydrogen-bond acceptors (Lipinski definition) is 4. The van der Waals surface area contributed by atoms with Crippen LogP contribution in [0.1, 0.15) is 17.2 Å². The summed E-state index contributed by atoms with van der Waals surface area (Å²) in [6.07, 6.45) is 0. The first kappa shape index (κ1) is 20.5. The van der Waals surface area contributed by atoms with Crippen LogP contribution in [0.5, 0.6) is 11.5 Å². The Morgan fingerprint density at radius 2 is 1.58 bits per heavy atom. The van der Waals surface area contributed by atoms with Crippen molar-refractivity contribution in [2.24, 2.45) is 0 Å². The van der Waals surface area contributed by atoms with Crippen LogP contribution >= 0.6 is 0 Å². The summed E-state index contributed by atoms with van der Waals surface area (Å²) >= 11 is 0. The van der Waals surface area contributed by atoms with Gasteiger partial charge in [0, 0.05) is 11.8 Å². The van der Waals surface area contributed by atoms with Gasteiger partial charge in [-0.2, -0.15) is 0 Å². The summed E-state index contributed by atoms with van der Waals surface area (Å²) in [5.74, 6) is 0.707. The van der Waals surface area contributed by atoms with Crippen molar-refractivity contribution < 1.29 is 19.1 Å². The summed E-state index contributed by atoms with van der Waals surface area (Å²) in [4.78, 5) is 30.2. The molecule has 0 aliphatic carbocycles. The maximum absolute atomic E-state index is 13.8. The smallest absolute Gasteiger partial charge is 0.255 e. The lowest BCUT2D eigenvalue weighted by Gasteiger charge is -2.40. The molecule has 1 aliphatic rings. The van der Waals surface area contributed by atoms with E-state index in [0.29, 0.717) is 22.9 Å². The third kappa shape index (κ3) is 3.84. The zero-order valence-electron chi connectivity index (χ0n) is 17.7. The monoisotopic (exact) mass is 416 g/mol. The third-order valence-corrected chi connectivity index (χ3v) is 5.43. The Hall–Kier alpha value is -3.80. The largest absolute Gasteiger partial charge is 0.497 e. The number of nitrogens with zero attached hydrogens (tertiary/aromatic N) is 2. The minimum atomic E-state index is -0.781. The third-order valence-electron chi connectivity index (χ3n) is 5.43. The summed E-state index contributed by atoms with van der Waals surface area (Å²) in [5.41, 5.74) is 3.06. The summed E-state index contributed by atoms with van der Waals surface area (Å²) in [7, 11) is 3.09. The maximum atomic E-state index is 13.8. The highest BCUT2D eigenvalue weighted by Gasteiger charge is 2.42. The highest BCUT2D eigenvalue weighted by Crippen LogP contribution is 2.38. The van der Waals surface area contributed by atoms with Crippen LogP contribution < -0.4 is 19.3 Å². The predicted octanol–water partition coefficient (Wildman–Crippen LogP) is 4.13. The first-order valence-corrected chi connectivity index (χ1v) is 10.0. The topological polar surface area (TPSA) is 59.1 Å². The van der Waals surface area contributed by atoms with Crippen LogP contribution in [0.3, 0.4) is 0 Å². The van der Waals surface area contributed by atoms with E-state index in [4.69, 9.17) is 9.47 Å². The molecule has 0 saturated carbocycles. The average Bonchev–Trinajstić information content (AvgIpc) is 2.81. The van der Waals surface area contributed by atoms with E-state index in [1.165, 1.54) is 12.0 Å². The Balaban J connectivity index is 1.81. The number of methoxy groups -OCH3 is 2. The number of amides is 2. The van der Waals surface area contributed by atoms with Crippen molar-refractivity contribution in [3.8, 4) is 11.5 Å². The first-order chi connectivity index (χ1) is 15.0. The second-order valence-corrected chi connectivity index (χ2v) is 7.37. The maximum Gasteiger partial charge on any atom is 0.255 e. The molecule has 0 radical (unpaired) electrons. The fraction of sp³-hybridized carbons (Fsp3) is 0.200. The molecule has 0 unspecified atom stereocenters. The normalized spacial score (nSPS) is 16.4. The Kier molecular flexibility index (Phi) is 5.62. The Morgan fingerprint density at radius 3 is 2.23 bits per heavy atom. The van der Waals surface area contributed by atoms with E-state index < -0.39 is 6.04 Å². The summed E-state index contributed by atoms with van der Waals surface area (Å²) < 4.78 is 10.8. The van der Waals surface area contributed by atoms with E-state index >= 15 is 0 Å². The molecule has 1 saturated heterocycles. The van der Waals surface area contributed by atoms with Crippen molar-refractivity contribution in [2.75, 3.05) is 30.6 Å². The van der Waals surface area contributed by atoms with E-state index in [9.17, 15) is 9.59 Å². The number of benzene rings is 3. The minimum absolute atomic E-state index is 0.0846. The molecule has 3 aromatic carbocycles. The number of carbonyl (C=O) groups is 2. The second-order valence-electron chi connectivity index (χ2n) is 7.37. The first-order valence-electron chi connectivity index (χ1n) is 10.0. The van der Waals surface area contributed by atoms with E-state index in [0.717, 1.165) is 11.1 Å². The highest BCUT2D eigenvalue weighted by atomic mass is 16.5. The lowest BCUT2D eigenvalue weighted by atomic mass is 9.99. The molecule has 158 valence electrons. The molecule has 1 fully saturated rings. The van der Waals surface area contributed by atoms with Gasteiger partial charge in [-0.05, 0) is 36.8 Å². The minimum Gasteiger partial charge on any atom is -0.497 e. The molecule has 1 aliphatic heterocycles. The van der Waals surface area contributed by atoms with Gasteiger partial charge in [0.2, 0.25) is 5.91 Å². The van der Waals surface area contributed by atoms with Crippen molar-refractivity contribution >= 4 is 23.2 Å². The zero-order valence-corrected chi connectivity index (χ0v) is 17.7. The van der Waals surface area contributed by atoms with Crippen molar-refractivity contribution in [2.45, 2.75) is 13.0 Å². The number of aryl methyl sites for hydroxylation is 1. The van der Waals surface area contributed by atoms with Crippen molar-refractivity contribution in [3.05, 3.63) is 83.9 Å². The number of piperazine rings is 1. The molecule has 31 heavy (non-hydrogen) atoms. The lowest BCUT2D eigenvalue weighted by Crippen LogP contribution is -2.56. The van der Waals surface area contributed by atoms with E-state index in [1.807, 2.05) is 61.5 Å². The van der Waals surface area contributed by atoms with Gasteiger partial charge in [-0.3, -0.25) is 19.4 Å². The van der Waals surface area contributed by atoms with E-state index in [-0.39, 0.29) is 18.4 Å². The van der Waals surface area contributed by atoms with Crippen LogP contribution in [0.2, 0.25) is 0 Å². The molecule has 1 atom stereocenters. The van der Waals surface area contributed by atoms with Gasteiger partial charge < -0.3 is 9.47 Å². The number of carbonyl (C=O) groups excluding carboxylic acids is 2. The molecule has 6 nitrogen and oxygen atoms in total. The molecular weight excluding hydrogens is 392 g/mol. The lowest BCUT2D eigenvalue weighted by molar-refractivity contribution is -0.128. The van der Waals surface area contributed by atoms with Gasteiger partial charge >= 0.3 is 0 Å². The summed E-state index contributed by atoms with van der Waals surface area (Å²) in [6, 6.07) is 21.4. The molecule has 0 spiro atoms. The SMILES string of the molecule is COc1ccc(N2CC(=O)N(c3ccc(C)cc3)[C@@H](c3ccccc3)C2=O)c(OC)c1. The van der Waals surface area contributed by atoms with Crippen LogP contribution in [0.15, 0.2) is 72.8 Å². The van der Waals surface area contributed by atoms with Crippen LogP contribution in [0.25, 0.3) is 0 Å². The summed E-state index contributed by atoms with van der Waals surface area (Å²) in [6.45, 7) is 1.90. The summed E-state index contributed by atoms with van der Waals surface area (Å²) in [5, 5.41) is 0. The number of ether oxygens (including phenoxy) is 2. The number of anilines is 2. The molecule has 0 bridgehead atoms. The van der Waals surface area contributed by atoms with Crippen molar-refractivity contribution in [1.29, 1.82) is 0 Å². The molecule has 0 aromatic heterocycles. The van der Waals surface area contributed by atoms with Gasteiger partial charge in [0.05, 0.1) is 19.9 Å². The van der Waals surface area contributed by atoms with E-state index in [2.05, 4.69) is 0 Å². The molecular formula is C25H24N2O4. The molecule has 2 amide bonds. The Labute approximate surface area is 181 Å². The van der Waals surface area contributed by atoms with Crippen LogP contribution in [0, 0.1) is 6.92 Å². The van der Waals surface area contributed by atoms with Crippen LogP contribution in [0.4, 0.5) is 11.4 Å². The van der Waals surface area contributed by atoms with E-state index in [1.54, 1.807) is 30.2 Å². The second kappa shape index (κ2) is 8.52. The van der Waals surface area contributed by atoms with Crippen LogP contribution in [-0.4, -0.2) is 32.6 Å². The quantitative estimate of drug-likeness (QED) is 0.627. The van der Waals surface area contributed by atoms with Gasteiger partial charge in [-0.1, -0.05) is 48.0 Å². The molecule has 0 N–H and O–H groups in total. The van der Waals surface area contributed by atoms with Gasteiger partial charge in [0.25, 0.3) is 5.91 Å². The molecule has 3 aromatic rings.